The van der Waals surface area contributed by atoms with Crippen molar-refractivity contribution in [3.05, 3.63) is 18.2 Å². The van der Waals surface area contributed by atoms with Crippen LogP contribution in [0.25, 0.3) is 0 Å². The highest BCUT2D eigenvalue weighted by molar-refractivity contribution is 5.74. The molecule has 0 aliphatic carbocycles. The van der Waals surface area contributed by atoms with Crippen molar-refractivity contribution in [3.63, 3.8) is 0 Å². The molecule has 0 aliphatic heterocycles. The average Bonchev–Trinajstić information content (AvgIpc) is 2.65. The summed E-state index contributed by atoms with van der Waals surface area (Å²) in [5.74, 6) is 0.658. The summed E-state index contributed by atoms with van der Waals surface area (Å²) in [7, 11) is 1.42. The van der Waals surface area contributed by atoms with E-state index in [4.69, 9.17) is 4.74 Å². The number of aryl methyl sites for hydroxylation is 1. The molecule has 0 aliphatic rings. The van der Waals surface area contributed by atoms with E-state index in [1.54, 1.807) is 6.20 Å². The van der Waals surface area contributed by atoms with Crippen LogP contribution in [0.1, 0.15) is 38.1 Å². The van der Waals surface area contributed by atoms with Crippen molar-refractivity contribution in [1.29, 1.82) is 0 Å². The first-order chi connectivity index (χ1) is 7.20. The van der Waals surface area contributed by atoms with Gasteiger partial charge >= 0.3 is 5.97 Å². The molecule has 0 aromatic carbocycles. The Hall–Kier alpha value is -1.32. The second-order valence-corrected chi connectivity index (χ2v) is 3.56. The maximum Gasteiger partial charge on any atom is 0.328 e. The summed E-state index contributed by atoms with van der Waals surface area (Å²) in [6.45, 7) is 4.00. The average molecular weight is 210 g/mol. The summed E-state index contributed by atoms with van der Waals surface area (Å²) in [6.07, 6.45) is 6.42. The minimum absolute atomic E-state index is 0.190. The van der Waals surface area contributed by atoms with Crippen LogP contribution < -0.4 is 0 Å². The van der Waals surface area contributed by atoms with E-state index >= 15 is 0 Å². The zero-order chi connectivity index (χ0) is 11.3. The number of imidazole rings is 1. The van der Waals surface area contributed by atoms with E-state index in [0.29, 0.717) is 0 Å². The van der Waals surface area contributed by atoms with E-state index in [2.05, 4.69) is 11.9 Å². The fourth-order valence-corrected chi connectivity index (χ4v) is 1.62. The van der Waals surface area contributed by atoms with Crippen LogP contribution in [0.5, 0.6) is 0 Å². The molecule has 84 valence electrons. The van der Waals surface area contributed by atoms with Crippen molar-refractivity contribution in [2.24, 2.45) is 0 Å². The lowest BCUT2D eigenvalue weighted by molar-refractivity contribution is -0.144. The first kappa shape index (κ1) is 11.8. The van der Waals surface area contributed by atoms with E-state index in [9.17, 15) is 4.79 Å². The molecule has 0 saturated heterocycles. The maximum absolute atomic E-state index is 11.6. The van der Waals surface area contributed by atoms with Crippen molar-refractivity contribution < 1.29 is 9.53 Å². The van der Waals surface area contributed by atoms with E-state index in [1.807, 2.05) is 17.7 Å². The molecule has 0 N–H and O–H groups in total. The van der Waals surface area contributed by atoms with Gasteiger partial charge in [-0.05, 0) is 13.3 Å². The first-order valence-corrected chi connectivity index (χ1v) is 5.28. The summed E-state index contributed by atoms with van der Waals surface area (Å²) in [6, 6.07) is -0.225. The molecule has 1 unspecified atom stereocenters. The van der Waals surface area contributed by atoms with Gasteiger partial charge < -0.3 is 9.30 Å². The van der Waals surface area contributed by atoms with Gasteiger partial charge in [-0.2, -0.15) is 0 Å². The molecule has 1 aromatic heterocycles. The second kappa shape index (κ2) is 5.53. The summed E-state index contributed by atoms with van der Waals surface area (Å²) < 4.78 is 6.68. The number of nitrogens with zero attached hydrogens (tertiary/aromatic N) is 2. The third-order valence-electron chi connectivity index (χ3n) is 2.50. The molecule has 1 atom stereocenters. The van der Waals surface area contributed by atoms with Crippen molar-refractivity contribution in [1.82, 2.24) is 9.55 Å². The topological polar surface area (TPSA) is 44.1 Å². The Kier molecular flexibility index (Phi) is 4.34. The smallest absolute Gasteiger partial charge is 0.328 e. The van der Waals surface area contributed by atoms with Crippen LogP contribution in [-0.2, 0) is 9.53 Å². The van der Waals surface area contributed by atoms with Crippen molar-refractivity contribution in [2.45, 2.75) is 39.2 Å². The fraction of sp³-hybridized carbons (Fsp3) is 0.636. The number of hydrogen-bond donors (Lipinski definition) is 0. The van der Waals surface area contributed by atoms with Gasteiger partial charge in [0.2, 0.25) is 0 Å². The standard InChI is InChI=1S/C11H18N2O2/c1-4-5-6-10(11(14)15-3)13-8-7-12-9(13)2/h7-8,10H,4-6H2,1-3H3. The van der Waals surface area contributed by atoms with Crippen LogP contribution in [0.15, 0.2) is 12.4 Å². The second-order valence-electron chi connectivity index (χ2n) is 3.56. The molecule has 4 heteroatoms. The number of methoxy groups -OCH3 is 1. The summed E-state index contributed by atoms with van der Waals surface area (Å²) >= 11 is 0. The van der Waals surface area contributed by atoms with Crippen LogP contribution in [-0.4, -0.2) is 22.6 Å². The molecule has 15 heavy (non-hydrogen) atoms. The third kappa shape index (κ3) is 2.81. The van der Waals surface area contributed by atoms with Crippen LogP contribution in [0, 0.1) is 6.92 Å². The molecule has 0 amide bonds. The molecular formula is C11H18N2O2. The van der Waals surface area contributed by atoms with Gasteiger partial charge in [-0.1, -0.05) is 19.8 Å². The molecule has 1 heterocycles. The zero-order valence-corrected chi connectivity index (χ0v) is 9.56. The molecule has 0 spiro atoms. The monoisotopic (exact) mass is 210 g/mol. The predicted octanol–water partition coefficient (Wildman–Crippen LogP) is 2.10. The number of esters is 1. The Bertz CT molecular complexity index is 320. The lowest BCUT2D eigenvalue weighted by atomic mass is 10.1. The largest absolute Gasteiger partial charge is 0.467 e. The van der Waals surface area contributed by atoms with E-state index in [-0.39, 0.29) is 12.0 Å². The number of ether oxygens (including phenoxy) is 1. The number of carbonyl (C=O) groups is 1. The van der Waals surface area contributed by atoms with E-state index in [0.717, 1.165) is 25.1 Å². The fourth-order valence-electron chi connectivity index (χ4n) is 1.62. The number of rotatable bonds is 5. The molecule has 1 aromatic rings. The number of carbonyl (C=O) groups excluding carboxylic acids is 1. The molecule has 0 bridgehead atoms. The Morgan fingerprint density at radius 3 is 2.87 bits per heavy atom. The summed E-state index contributed by atoms with van der Waals surface area (Å²) in [4.78, 5) is 15.7. The van der Waals surface area contributed by atoms with Gasteiger partial charge in [-0.3, -0.25) is 0 Å². The van der Waals surface area contributed by atoms with Gasteiger partial charge in [0.1, 0.15) is 11.9 Å². The zero-order valence-electron chi connectivity index (χ0n) is 9.56. The van der Waals surface area contributed by atoms with E-state index in [1.165, 1.54) is 7.11 Å². The third-order valence-corrected chi connectivity index (χ3v) is 2.50. The lowest BCUT2D eigenvalue weighted by Gasteiger charge is -2.17. The summed E-state index contributed by atoms with van der Waals surface area (Å²) in [5.41, 5.74) is 0. The van der Waals surface area contributed by atoms with Crippen molar-refractivity contribution in [3.8, 4) is 0 Å². The first-order valence-electron chi connectivity index (χ1n) is 5.28. The Balaban J connectivity index is 2.81. The Morgan fingerprint density at radius 1 is 1.67 bits per heavy atom. The normalized spacial score (nSPS) is 12.5. The minimum Gasteiger partial charge on any atom is -0.467 e. The quantitative estimate of drug-likeness (QED) is 0.699. The van der Waals surface area contributed by atoms with E-state index < -0.39 is 0 Å². The highest BCUT2D eigenvalue weighted by atomic mass is 16.5. The van der Waals surface area contributed by atoms with Gasteiger partial charge in [0.15, 0.2) is 0 Å². The number of aromatic nitrogens is 2. The van der Waals surface area contributed by atoms with Gasteiger partial charge in [0.05, 0.1) is 7.11 Å². The maximum atomic E-state index is 11.6. The lowest BCUT2D eigenvalue weighted by Crippen LogP contribution is -2.21. The van der Waals surface area contributed by atoms with Crippen LogP contribution in [0.4, 0.5) is 0 Å². The van der Waals surface area contributed by atoms with Crippen LogP contribution in [0.3, 0.4) is 0 Å². The van der Waals surface area contributed by atoms with Crippen LogP contribution in [0.2, 0.25) is 0 Å². The Morgan fingerprint density at radius 2 is 2.40 bits per heavy atom. The molecule has 0 fully saturated rings. The molecule has 4 nitrogen and oxygen atoms in total. The van der Waals surface area contributed by atoms with Crippen LogP contribution >= 0.6 is 0 Å². The minimum atomic E-state index is -0.225. The molecule has 0 radical (unpaired) electrons. The number of unbranched alkanes of at least 4 members (excludes halogenated alkanes) is 1. The highest BCUT2D eigenvalue weighted by Crippen LogP contribution is 2.18. The van der Waals surface area contributed by atoms with Gasteiger partial charge in [-0.25, -0.2) is 9.78 Å². The van der Waals surface area contributed by atoms with Crippen molar-refractivity contribution >= 4 is 5.97 Å². The SMILES string of the molecule is CCCCC(C(=O)OC)n1ccnc1C. The van der Waals surface area contributed by atoms with Gasteiger partial charge in [0.25, 0.3) is 0 Å². The van der Waals surface area contributed by atoms with Gasteiger partial charge in [-0.15, -0.1) is 0 Å². The number of hydrogen-bond acceptors (Lipinski definition) is 3. The van der Waals surface area contributed by atoms with Gasteiger partial charge in [0, 0.05) is 12.4 Å². The van der Waals surface area contributed by atoms with Crippen molar-refractivity contribution in [2.75, 3.05) is 7.11 Å². The highest BCUT2D eigenvalue weighted by Gasteiger charge is 2.21. The molecular weight excluding hydrogens is 192 g/mol. The molecule has 0 saturated carbocycles. The molecule has 1 rings (SSSR count). The summed E-state index contributed by atoms with van der Waals surface area (Å²) in [5, 5.41) is 0. The predicted molar refractivity (Wildman–Crippen MR) is 57.5 cm³/mol. The Labute approximate surface area is 90.3 Å².